The molecule has 1 aromatic heterocycles. The molecule has 0 fully saturated rings. The highest BCUT2D eigenvalue weighted by Gasteiger charge is 2.12. The summed E-state index contributed by atoms with van der Waals surface area (Å²) in [5, 5.41) is 0. The Kier molecular flexibility index (Phi) is 3.61. The predicted octanol–water partition coefficient (Wildman–Crippen LogP) is 2.78. The van der Waals surface area contributed by atoms with E-state index in [0.717, 1.165) is 17.1 Å². The molecule has 2 N–H and O–H groups in total. The molecule has 0 aliphatic heterocycles. The molecule has 0 bridgehead atoms. The second-order valence-electron chi connectivity index (χ2n) is 4.13. The molecule has 0 aliphatic rings. The van der Waals surface area contributed by atoms with Crippen LogP contribution in [0.5, 0.6) is 0 Å². The fraction of sp³-hybridized carbons (Fsp3) is 0.286. The predicted molar refractivity (Wildman–Crippen MR) is 66.6 cm³/mol. The molecule has 3 nitrogen and oxygen atoms in total. The van der Waals surface area contributed by atoms with Gasteiger partial charge in [0.2, 0.25) is 0 Å². The molecule has 0 saturated carbocycles. The van der Waals surface area contributed by atoms with Gasteiger partial charge in [-0.1, -0.05) is 29.8 Å². The van der Waals surface area contributed by atoms with E-state index in [1.54, 1.807) is 7.11 Å². The Morgan fingerprint density at radius 1 is 1.18 bits per heavy atom. The number of hydrogen-bond acceptors (Lipinski definition) is 3. The van der Waals surface area contributed by atoms with E-state index < -0.39 is 0 Å². The largest absolute Gasteiger partial charge is 0.462 e. The molecule has 1 unspecified atom stereocenters. The summed E-state index contributed by atoms with van der Waals surface area (Å²) < 4.78 is 10.6. The Labute approximate surface area is 101 Å². The first-order valence-corrected chi connectivity index (χ1v) is 5.60. The summed E-state index contributed by atoms with van der Waals surface area (Å²) in [4.78, 5) is 0. The van der Waals surface area contributed by atoms with Crippen LogP contribution < -0.4 is 5.73 Å². The number of rotatable bonds is 4. The fourth-order valence-electron chi connectivity index (χ4n) is 1.72. The number of ether oxygens (including phenoxy) is 1. The maximum atomic E-state index is 6.14. The summed E-state index contributed by atoms with van der Waals surface area (Å²) >= 11 is 0. The van der Waals surface area contributed by atoms with E-state index in [-0.39, 0.29) is 6.04 Å². The van der Waals surface area contributed by atoms with Crippen LogP contribution >= 0.6 is 0 Å². The fourth-order valence-corrected chi connectivity index (χ4v) is 1.72. The van der Waals surface area contributed by atoms with E-state index in [1.165, 1.54) is 5.56 Å². The standard InChI is InChI=1S/C14H17NO2/c1-10-3-5-11(6-4-10)14(15)13-8-7-12(17-13)9-16-2/h3-8,14H,9,15H2,1-2H3. The normalized spacial score (nSPS) is 12.6. The molecule has 1 atom stereocenters. The van der Waals surface area contributed by atoms with Crippen LogP contribution in [0.2, 0.25) is 0 Å². The summed E-state index contributed by atoms with van der Waals surface area (Å²) in [7, 11) is 1.64. The van der Waals surface area contributed by atoms with Crippen LogP contribution in [0.15, 0.2) is 40.8 Å². The van der Waals surface area contributed by atoms with E-state index in [0.29, 0.717) is 6.61 Å². The van der Waals surface area contributed by atoms with Gasteiger partial charge >= 0.3 is 0 Å². The molecule has 90 valence electrons. The third kappa shape index (κ3) is 2.75. The van der Waals surface area contributed by atoms with Gasteiger partial charge in [-0.25, -0.2) is 0 Å². The van der Waals surface area contributed by atoms with Crippen molar-refractivity contribution in [2.75, 3.05) is 7.11 Å². The van der Waals surface area contributed by atoms with E-state index in [9.17, 15) is 0 Å². The SMILES string of the molecule is COCc1ccc(C(N)c2ccc(C)cc2)o1. The second kappa shape index (κ2) is 5.17. The van der Waals surface area contributed by atoms with Gasteiger partial charge in [-0.2, -0.15) is 0 Å². The maximum Gasteiger partial charge on any atom is 0.129 e. The minimum absolute atomic E-state index is 0.221. The minimum atomic E-state index is -0.221. The number of nitrogens with two attached hydrogens (primary N) is 1. The summed E-state index contributed by atoms with van der Waals surface area (Å²) in [6.45, 7) is 2.53. The summed E-state index contributed by atoms with van der Waals surface area (Å²) in [5.74, 6) is 1.56. The Morgan fingerprint density at radius 3 is 2.53 bits per heavy atom. The number of benzene rings is 1. The van der Waals surface area contributed by atoms with Crippen LogP contribution in [-0.4, -0.2) is 7.11 Å². The monoisotopic (exact) mass is 231 g/mol. The zero-order chi connectivity index (χ0) is 12.3. The van der Waals surface area contributed by atoms with Crippen molar-refractivity contribution in [2.24, 2.45) is 5.73 Å². The third-order valence-corrected chi connectivity index (χ3v) is 2.71. The van der Waals surface area contributed by atoms with Crippen molar-refractivity contribution in [1.29, 1.82) is 0 Å². The van der Waals surface area contributed by atoms with Crippen LogP contribution in [0.25, 0.3) is 0 Å². The van der Waals surface area contributed by atoms with Crippen molar-refractivity contribution in [2.45, 2.75) is 19.6 Å². The van der Waals surface area contributed by atoms with Crippen LogP contribution in [0.3, 0.4) is 0 Å². The molecular formula is C14H17NO2. The molecule has 17 heavy (non-hydrogen) atoms. The van der Waals surface area contributed by atoms with E-state index in [2.05, 4.69) is 6.92 Å². The minimum Gasteiger partial charge on any atom is -0.462 e. The van der Waals surface area contributed by atoms with Gasteiger partial charge in [-0.15, -0.1) is 0 Å². The van der Waals surface area contributed by atoms with Crippen LogP contribution in [-0.2, 0) is 11.3 Å². The molecule has 3 heteroatoms. The maximum absolute atomic E-state index is 6.14. The summed E-state index contributed by atoms with van der Waals surface area (Å²) in [5.41, 5.74) is 8.41. The Morgan fingerprint density at radius 2 is 1.88 bits per heavy atom. The van der Waals surface area contributed by atoms with Crippen LogP contribution in [0, 0.1) is 6.92 Å². The first kappa shape index (κ1) is 11.9. The topological polar surface area (TPSA) is 48.4 Å². The van der Waals surface area contributed by atoms with Gasteiger partial charge in [-0.05, 0) is 24.6 Å². The lowest BCUT2D eigenvalue weighted by Crippen LogP contribution is -2.10. The molecule has 2 aromatic rings. The van der Waals surface area contributed by atoms with Crippen molar-refractivity contribution >= 4 is 0 Å². The van der Waals surface area contributed by atoms with E-state index >= 15 is 0 Å². The highest BCUT2D eigenvalue weighted by atomic mass is 16.5. The van der Waals surface area contributed by atoms with Gasteiger partial charge in [0, 0.05) is 7.11 Å². The quantitative estimate of drug-likeness (QED) is 0.880. The van der Waals surface area contributed by atoms with Gasteiger partial charge in [0.25, 0.3) is 0 Å². The average Bonchev–Trinajstić information content (AvgIpc) is 2.78. The molecule has 0 saturated heterocycles. The van der Waals surface area contributed by atoms with Gasteiger partial charge in [-0.3, -0.25) is 0 Å². The lowest BCUT2D eigenvalue weighted by Gasteiger charge is -2.09. The van der Waals surface area contributed by atoms with Gasteiger partial charge in [0.15, 0.2) is 0 Å². The second-order valence-corrected chi connectivity index (χ2v) is 4.13. The Hall–Kier alpha value is -1.58. The summed E-state index contributed by atoms with van der Waals surface area (Å²) in [6, 6.07) is 11.7. The van der Waals surface area contributed by atoms with E-state index in [1.807, 2.05) is 36.4 Å². The van der Waals surface area contributed by atoms with Crippen molar-refractivity contribution in [3.63, 3.8) is 0 Å². The highest BCUT2D eigenvalue weighted by Crippen LogP contribution is 2.22. The number of aryl methyl sites for hydroxylation is 1. The number of hydrogen-bond donors (Lipinski definition) is 1. The lowest BCUT2D eigenvalue weighted by atomic mass is 10.0. The van der Waals surface area contributed by atoms with Crippen LogP contribution in [0.1, 0.15) is 28.7 Å². The Balaban J connectivity index is 2.18. The van der Waals surface area contributed by atoms with Crippen molar-refractivity contribution in [1.82, 2.24) is 0 Å². The van der Waals surface area contributed by atoms with Crippen LogP contribution in [0.4, 0.5) is 0 Å². The van der Waals surface area contributed by atoms with Crippen molar-refractivity contribution < 1.29 is 9.15 Å². The first-order valence-electron chi connectivity index (χ1n) is 5.60. The highest BCUT2D eigenvalue weighted by molar-refractivity contribution is 5.29. The number of methoxy groups -OCH3 is 1. The van der Waals surface area contributed by atoms with E-state index in [4.69, 9.17) is 14.9 Å². The smallest absolute Gasteiger partial charge is 0.129 e. The summed E-state index contributed by atoms with van der Waals surface area (Å²) in [6.07, 6.45) is 0. The zero-order valence-corrected chi connectivity index (χ0v) is 10.1. The lowest BCUT2D eigenvalue weighted by molar-refractivity contribution is 0.162. The number of furan rings is 1. The van der Waals surface area contributed by atoms with Crippen molar-refractivity contribution in [3.05, 3.63) is 59.0 Å². The molecule has 1 heterocycles. The molecule has 0 amide bonds. The van der Waals surface area contributed by atoms with Gasteiger partial charge in [0.1, 0.15) is 18.1 Å². The Bertz CT molecular complexity index is 473. The molecular weight excluding hydrogens is 214 g/mol. The van der Waals surface area contributed by atoms with Gasteiger partial charge in [0.05, 0.1) is 6.04 Å². The first-order chi connectivity index (χ1) is 8.20. The molecule has 0 radical (unpaired) electrons. The molecule has 1 aromatic carbocycles. The molecule has 0 spiro atoms. The molecule has 0 aliphatic carbocycles. The van der Waals surface area contributed by atoms with Gasteiger partial charge < -0.3 is 14.9 Å². The zero-order valence-electron chi connectivity index (χ0n) is 10.1. The third-order valence-electron chi connectivity index (χ3n) is 2.71. The molecule has 2 rings (SSSR count). The average molecular weight is 231 g/mol. The van der Waals surface area contributed by atoms with Crippen molar-refractivity contribution in [3.8, 4) is 0 Å².